The van der Waals surface area contributed by atoms with Crippen LogP contribution in [0.5, 0.6) is 0 Å². The molecule has 4 rings (SSSR count). The second-order valence-corrected chi connectivity index (χ2v) is 7.96. The van der Waals surface area contributed by atoms with Gasteiger partial charge in [0.2, 0.25) is 0 Å². The highest BCUT2D eigenvalue weighted by Gasteiger charge is 2.59. The SMILES string of the molecule is OC12CCCCOC1SC1NCCNC(c3c(F)cccc3F)C12. The third-order valence-corrected chi connectivity index (χ3v) is 6.87. The number of hydrogen-bond donors (Lipinski definition) is 3. The number of benzene rings is 1. The van der Waals surface area contributed by atoms with E-state index in [0.29, 0.717) is 26.1 Å². The van der Waals surface area contributed by atoms with Crippen LogP contribution in [0.25, 0.3) is 0 Å². The van der Waals surface area contributed by atoms with Crippen molar-refractivity contribution in [2.75, 3.05) is 19.7 Å². The van der Waals surface area contributed by atoms with E-state index in [1.807, 2.05) is 0 Å². The molecule has 5 atom stereocenters. The fourth-order valence-electron chi connectivity index (χ4n) is 4.22. The van der Waals surface area contributed by atoms with Crippen molar-refractivity contribution in [2.45, 2.75) is 41.7 Å². The number of ether oxygens (including phenoxy) is 1. The average Bonchev–Trinajstić information content (AvgIpc) is 2.72. The summed E-state index contributed by atoms with van der Waals surface area (Å²) in [5, 5.41) is 18.0. The molecule has 1 aromatic rings. The molecule has 0 saturated carbocycles. The molecular weight excluding hydrogens is 334 g/mol. The van der Waals surface area contributed by atoms with Gasteiger partial charge in [0.1, 0.15) is 22.7 Å². The molecule has 3 aliphatic heterocycles. The Hall–Kier alpha value is -0.730. The third kappa shape index (κ3) is 2.66. The van der Waals surface area contributed by atoms with E-state index in [0.717, 1.165) is 12.8 Å². The second-order valence-electron chi connectivity index (χ2n) is 6.75. The van der Waals surface area contributed by atoms with Crippen LogP contribution in [-0.2, 0) is 4.74 Å². The minimum absolute atomic E-state index is 0.0233. The second kappa shape index (κ2) is 6.53. The Morgan fingerprint density at radius 3 is 2.71 bits per heavy atom. The molecule has 0 bridgehead atoms. The van der Waals surface area contributed by atoms with Crippen LogP contribution in [0.3, 0.4) is 0 Å². The van der Waals surface area contributed by atoms with Crippen molar-refractivity contribution in [1.29, 1.82) is 0 Å². The lowest BCUT2D eigenvalue weighted by Crippen LogP contribution is -2.50. The molecule has 0 radical (unpaired) electrons. The molecule has 3 heterocycles. The first-order valence-electron chi connectivity index (χ1n) is 8.51. The molecule has 24 heavy (non-hydrogen) atoms. The Labute approximate surface area is 144 Å². The predicted molar refractivity (Wildman–Crippen MR) is 88.5 cm³/mol. The lowest BCUT2D eigenvalue weighted by molar-refractivity contribution is -0.0936. The Morgan fingerprint density at radius 2 is 1.92 bits per heavy atom. The summed E-state index contributed by atoms with van der Waals surface area (Å²) in [5.74, 6) is -1.50. The fourth-order valence-corrected chi connectivity index (χ4v) is 5.95. The first-order chi connectivity index (χ1) is 11.6. The largest absolute Gasteiger partial charge is 0.386 e. The topological polar surface area (TPSA) is 53.5 Å². The molecule has 3 N–H and O–H groups in total. The lowest BCUT2D eigenvalue weighted by Gasteiger charge is -2.38. The van der Waals surface area contributed by atoms with Gasteiger partial charge in [-0.05, 0) is 31.4 Å². The van der Waals surface area contributed by atoms with Crippen molar-refractivity contribution in [3.63, 3.8) is 0 Å². The molecular formula is C17H22F2N2O2S. The maximum Gasteiger partial charge on any atom is 0.133 e. The van der Waals surface area contributed by atoms with Crippen molar-refractivity contribution in [3.8, 4) is 0 Å². The quantitative estimate of drug-likeness (QED) is 0.720. The van der Waals surface area contributed by atoms with Gasteiger partial charge in [-0.15, -0.1) is 11.8 Å². The average molecular weight is 356 g/mol. The summed E-state index contributed by atoms with van der Waals surface area (Å²) in [7, 11) is 0. The highest BCUT2D eigenvalue weighted by atomic mass is 32.2. The molecule has 1 aromatic carbocycles. The van der Waals surface area contributed by atoms with Gasteiger partial charge < -0.3 is 20.5 Å². The van der Waals surface area contributed by atoms with Crippen molar-refractivity contribution in [3.05, 3.63) is 35.4 Å². The molecule has 3 aliphatic rings. The van der Waals surface area contributed by atoms with Crippen molar-refractivity contribution in [1.82, 2.24) is 10.6 Å². The number of aliphatic hydroxyl groups is 1. The normalized spacial score (nSPS) is 39.6. The van der Waals surface area contributed by atoms with E-state index < -0.39 is 23.3 Å². The van der Waals surface area contributed by atoms with E-state index in [4.69, 9.17) is 4.74 Å². The van der Waals surface area contributed by atoms with Gasteiger partial charge in [-0.1, -0.05) is 6.07 Å². The molecule has 132 valence electrons. The molecule has 0 aliphatic carbocycles. The minimum atomic E-state index is -1.10. The molecule has 3 saturated heterocycles. The molecule has 0 aromatic heterocycles. The van der Waals surface area contributed by atoms with Crippen molar-refractivity contribution in [2.24, 2.45) is 5.92 Å². The Morgan fingerprint density at radius 1 is 1.17 bits per heavy atom. The first-order valence-corrected chi connectivity index (χ1v) is 9.45. The number of halogens is 2. The molecule has 5 unspecified atom stereocenters. The number of rotatable bonds is 1. The smallest absolute Gasteiger partial charge is 0.133 e. The lowest BCUT2D eigenvalue weighted by atomic mass is 9.76. The molecule has 4 nitrogen and oxygen atoms in total. The summed E-state index contributed by atoms with van der Waals surface area (Å²) in [5.41, 5.74) is -1.44. The van der Waals surface area contributed by atoms with Gasteiger partial charge in [0.25, 0.3) is 0 Å². The van der Waals surface area contributed by atoms with E-state index >= 15 is 0 Å². The molecule has 7 heteroatoms. The Bertz CT molecular complexity index is 600. The summed E-state index contributed by atoms with van der Waals surface area (Å²) in [6, 6.07) is 3.34. The zero-order valence-corrected chi connectivity index (χ0v) is 14.1. The van der Waals surface area contributed by atoms with Crippen LogP contribution >= 0.6 is 11.8 Å². The fraction of sp³-hybridized carbons (Fsp3) is 0.647. The summed E-state index contributed by atoms with van der Waals surface area (Å²) in [4.78, 5) is 0. The third-order valence-electron chi connectivity index (χ3n) is 5.33. The van der Waals surface area contributed by atoms with E-state index in [1.165, 1.54) is 18.2 Å². The van der Waals surface area contributed by atoms with E-state index in [2.05, 4.69) is 10.6 Å². The Kier molecular flexibility index (Phi) is 4.55. The van der Waals surface area contributed by atoms with Crippen LogP contribution in [0.2, 0.25) is 0 Å². The standard InChI is InChI=1S/C17H22F2N2O2S/c18-10-4-3-5-11(19)12(10)14-13-15(21-8-7-20-14)24-16-17(13,22)6-1-2-9-23-16/h3-5,13-16,20-22H,1-2,6-9H2. The first kappa shape index (κ1) is 16.7. The van der Waals surface area contributed by atoms with Gasteiger partial charge in [0.05, 0.1) is 5.37 Å². The van der Waals surface area contributed by atoms with Crippen LogP contribution in [-0.4, -0.2) is 41.2 Å². The van der Waals surface area contributed by atoms with Gasteiger partial charge in [0, 0.05) is 37.2 Å². The van der Waals surface area contributed by atoms with Crippen LogP contribution in [0.15, 0.2) is 18.2 Å². The van der Waals surface area contributed by atoms with Gasteiger partial charge in [-0.2, -0.15) is 0 Å². The molecule has 3 fully saturated rings. The van der Waals surface area contributed by atoms with Crippen LogP contribution in [0.4, 0.5) is 8.78 Å². The number of thioether (sulfide) groups is 1. The number of nitrogens with one attached hydrogen (secondary N) is 2. The monoisotopic (exact) mass is 356 g/mol. The number of fused-ring (bicyclic) bond motifs is 3. The van der Waals surface area contributed by atoms with Crippen LogP contribution in [0, 0.1) is 17.6 Å². The highest BCUT2D eigenvalue weighted by molar-refractivity contribution is 8.00. The zero-order chi connectivity index (χ0) is 16.7. The number of hydrogen-bond acceptors (Lipinski definition) is 5. The zero-order valence-electron chi connectivity index (χ0n) is 13.3. The highest BCUT2D eigenvalue weighted by Crippen LogP contribution is 2.54. The summed E-state index contributed by atoms with van der Waals surface area (Å²) in [6.07, 6.45) is 2.33. The maximum absolute atomic E-state index is 14.4. The van der Waals surface area contributed by atoms with Crippen molar-refractivity contribution < 1.29 is 18.6 Å². The summed E-state index contributed by atoms with van der Waals surface area (Å²) < 4.78 is 34.7. The summed E-state index contributed by atoms with van der Waals surface area (Å²) >= 11 is 1.55. The predicted octanol–water partition coefficient (Wildman–Crippen LogP) is 2.15. The minimum Gasteiger partial charge on any atom is -0.386 e. The van der Waals surface area contributed by atoms with Gasteiger partial charge in [-0.3, -0.25) is 0 Å². The molecule has 0 amide bonds. The Balaban J connectivity index is 1.78. The van der Waals surface area contributed by atoms with Crippen LogP contribution < -0.4 is 10.6 Å². The summed E-state index contributed by atoms with van der Waals surface area (Å²) in [6.45, 7) is 1.89. The maximum atomic E-state index is 14.4. The van der Waals surface area contributed by atoms with E-state index in [1.54, 1.807) is 11.8 Å². The molecule has 0 spiro atoms. The van der Waals surface area contributed by atoms with Crippen molar-refractivity contribution >= 4 is 11.8 Å². The van der Waals surface area contributed by atoms with Crippen LogP contribution in [0.1, 0.15) is 30.9 Å². The van der Waals surface area contributed by atoms with Gasteiger partial charge in [-0.25, -0.2) is 8.78 Å². The van der Waals surface area contributed by atoms with Gasteiger partial charge in [0.15, 0.2) is 0 Å². The van der Waals surface area contributed by atoms with E-state index in [9.17, 15) is 13.9 Å². The van der Waals surface area contributed by atoms with Gasteiger partial charge >= 0.3 is 0 Å². The van der Waals surface area contributed by atoms with E-state index in [-0.39, 0.29) is 22.3 Å².